The van der Waals surface area contributed by atoms with Crippen molar-refractivity contribution in [1.29, 1.82) is 0 Å². The monoisotopic (exact) mass is 436 g/mol. The zero-order chi connectivity index (χ0) is 23.5. The maximum atomic E-state index is 13.1. The zero-order valence-corrected chi connectivity index (χ0v) is 18.7. The maximum absolute atomic E-state index is 13.1. The van der Waals surface area contributed by atoms with Crippen LogP contribution in [0.25, 0.3) is 10.5 Å². The molecule has 0 spiro atoms. The summed E-state index contributed by atoms with van der Waals surface area (Å²) in [5.74, 6) is -0.332. The van der Waals surface area contributed by atoms with Gasteiger partial charge in [-0.1, -0.05) is 48.0 Å². The van der Waals surface area contributed by atoms with Gasteiger partial charge in [0.2, 0.25) is 0 Å². The molecule has 0 aliphatic heterocycles. The number of anilines is 1. The van der Waals surface area contributed by atoms with Crippen LogP contribution in [0.3, 0.4) is 0 Å². The van der Waals surface area contributed by atoms with Gasteiger partial charge in [-0.3, -0.25) is 4.79 Å². The normalized spacial score (nSPS) is 11.6. The number of aromatic nitrogens is 2. The second-order valence-electron chi connectivity index (χ2n) is 8.06. The Kier molecular flexibility index (Phi) is 6.07. The van der Waals surface area contributed by atoms with Crippen molar-refractivity contribution < 1.29 is 9.90 Å². The molecule has 4 aromatic rings. The number of carbonyl (C=O) groups is 1. The summed E-state index contributed by atoms with van der Waals surface area (Å²) < 4.78 is 1.54. The highest BCUT2D eigenvalue weighted by molar-refractivity contribution is 6.03. The lowest BCUT2D eigenvalue weighted by Gasteiger charge is -2.16. The third-order valence-corrected chi connectivity index (χ3v) is 5.45. The molecule has 0 fully saturated rings. The summed E-state index contributed by atoms with van der Waals surface area (Å²) in [7, 11) is 0. The lowest BCUT2D eigenvalue weighted by molar-refractivity contribution is 0.101. The average molecular weight is 437 g/mol. The Hall–Kier alpha value is -4.21. The largest absolute Gasteiger partial charge is 0.384 e. The Morgan fingerprint density at radius 3 is 2.58 bits per heavy atom. The number of carbonyl (C=O) groups excluding carboxylic acids is 1. The fourth-order valence-electron chi connectivity index (χ4n) is 3.85. The van der Waals surface area contributed by atoms with Crippen molar-refractivity contribution in [2.45, 2.75) is 26.9 Å². The summed E-state index contributed by atoms with van der Waals surface area (Å²) in [6, 6.07) is 21.8. The molecular weight excluding hydrogens is 412 g/mol. The topological polar surface area (TPSA) is 71.5 Å². The van der Waals surface area contributed by atoms with Gasteiger partial charge < -0.3 is 10.4 Å². The molecular formula is C27H24N4O2. The van der Waals surface area contributed by atoms with Gasteiger partial charge in [-0.05, 0) is 67.8 Å². The smallest absolute Gasteiger partial charge is 0.274 e. The summed E-state index contributed by atoms with van der Waals surface area (Å²) >= 11 is 0. The van der Waals surface area contributed by atoms with Crippen molar-refractivity contribution in [3.05, 3.63) is 118 Å². The summed E-state index contributed by atoms with van der Waals surface area (Å²) in [5, 5.41) is 18.3. The van der Waals surface area contributed by atoms with Crippen LogP contribution in [0.1, 0.15) is 44.5 Å². The van der Waals surface area contributed by atoms with Gasteiger partial charge in [0.1, 0.15) is 11.8 Å². The predicted molar refractivity (Wildman–Crippen MR) is 129 cm³/mol. The maximum Gasteiger partial charge on any atom is 0.274 e. The molecule has 0 aliphatic carbocycles. The average Bonchev–Trinajstić information content (AvgIpc) is 3.21. The highest BCUT2D eigenvalue weighted by atomic mass is 16.3. The van der Waals surface area contributed by atoms with E-state index in [0.29, 0.717) is 34.0 Å². The van der Waals surface area contributed by atoms with Gasteiger partial charge in [0.15, 0.2) is 5.69 Å². The molecule has 1 unspecified atom stereocenters. The molecule has 6 nitrogen and oxygen atoms in total. The number of benzene rings is 3. The van der Waals surface area contributed by atoms with E-state index < -0.39 is 6.10 Å². The van der Waals surface area contributed by atoms with Crippen LogP contribution in [0.15, 0.2) is 72.8 Å². The van der Waals surface area contributed by atoms with Crippen molar-refractivity contribution in [3.8, 4) is 5.69 Å². The van der Waals surface area contributed by atoms with E-state index >= 15 is 0 Å². The van der Waals surface area contributed by atoms with E-state index in [1.165, 1.54) is 4.68 Å². The van der Waals surface area contributed by atoms with E-state index in [1.54, 1.807) is 48.5 Å². The molecule has 1 aromatic heterocycles. The number of aliphatic hydroxyl groups excluding tert-OH is 1. The van der Waals surface area contributed by atoms with Crippen molar-refractivity contribution >= 4 is 17.3 Å². The van der Waals surface area contributed by atoms with Crippen LogP contribution in [-0.4, -0.2) is 20.8 Å². The van der Waals surface area contributed by atoms with Crippen LogP contribution in [0, 0.1) is 27.3 Å². The molecule has 1 amide bonds. The molecule has 0 saturated carbocycles. The van der Waals surface area contributed by atoms with Crippen molar-refractivity contribution in [2.75, 3.05) is 5.32 Å². The van der Waals surface area contributed by atoms with Gasteiger partial charge in [-0.25, -0.2) is 9.53 Å². The quantitative estimate of drug-likeness (QED) is 0.395. The fraction of sp³-hybridized carbons (Fsp3) is 0.148. The molecule has 0 aliphatic rings. The van der Waals surface area contributed by atoms with Gasteiger partial charge in [-0.15, -0.1) is 0 Å². The summed E-state index contributed by atoms with van der Waals surface area (Å²) in [6.07, 6.45) is -0.799. The van der Waals surface area contributed by atoms with Crippen LogP contribution >= 0.6 is 0 Å². The molecule has 0 saturated heterocycles. The molecule has 164 valence electrons. The highest BCUT2D eigenvalue weighted by Gasteiger charge is 2.18. The highest BCUT2D eigenvalue weighted by Crippen LogP contribution is 2.27. The molecule has 6 heteroatoms. The number of rotatable bonds is 5. The predicted octanol–water partition coefficient (Wildman–Crippen LogP) is 5.68. The number of aliphatic hydroxyl groups is 1. The van der Waals surface area contributed by atoms with E-state index in [1.807, 2.05) is 45.0 Å². The van der Waals surface area contributed by atoms with Gasteiger partial charge in [0.25, 0.3) is 5.91 Å². The number of nitrogens with zero attached hydrogens (tertiary/aromatic N) is 3. The molecule has 3 aromatic carbocycles. The van der Waals surface area contributed by atoms with Crippen LogP contribution in [0.4, 0.5) is 11.4 Å². The Balaban J connectivity index is 1.61. The zero-order valence-electron chi connectivity index (χ0n) is 18.7. The molecule has 2 N–H and O–H groups in total. The molecule has 0 radical (unpaired) electrons. The number of nitrogens with one attached hydrogen (secondary N) is 1. The van der Waals surface area contributed by atoms with Crippen LogP contribution < -0.4 is 5.32 Å². The van der Waals surface area contributed by atoms with E-state index in [9.17, 15) is 9.90 Å². The Labute approximate surface area is 193 Å². The van der Waals surface area contributed by atoms with Gasteiger partial charge in [0.05, 0.1) is 18.0 Å². The second-order valence-corrected chi connectivity index (χ2v) is 8.06. The minimum absolute atomic E-state index is 0.332. The number of amides is 1. The molecule has 1 atom stereocenters. The van der Waals surface area contributed by atoms with Crippen molar-refractivity contribution in [1.82, 2.24) is 9.78 Å². The third kappa shape index (κ3) is 4.69. The van der Waals surface area contributed by atoms with E-state index in [4.69, 9.17) is 6.57 Å². The van der Waals surface area contributed by atoms with Crippen molar-refractivity contribution in [2.24, 2.45) is 0 Å². The van der Waals surface area contributed by atoms with Crippen molar-refractivity contribution in [3.63, 3.8) is 0 Å². The summed E-state index contributed by atoms with van der Waals surface area (Å²) in [5.41, 5.74) is 6.40. The van der Waals surface area contributed by atoms with Gasteiger partial charge >= 0.3 is 0 Å². The van der Waals surface area contributed by atoms with Crippen LogP contribution in [-0.2, 0) is 0 Å². The Bertz CT molecular complexity index is 1380. The molecule has 4 rings (SSSR count). The fourth-order valence-corrected chi connectivity index (χ4v) is 3.85. The van der Waals surface area contributed by atoms with Crippen LogP contribution in [0.2, 0.25) is 0 Å². The number of aryl methyl sites for hydroxylation is 3. The summed E-state index contributed by atoms with van der Waals surface area (Å²) in [6.45, 7) is 13.0. The molecule has 1 heterocycles. The number of hydrogen-bond acceptors (Lipinski definition) is 3. The third-order valence-electron chi connectivity index (χ3n) is 5.45. The van der Waals surface area contributed by atoms with E-state index in [2.05, 4.69) is 15.3 Å². The van der Waals surface area contributed by atoms with E-state index in [0.717, 1.165) is 16.7 Å². The van der Waals surface area contributed by atoms with Gasteiger partial charge in [-0.2, -0.15) is 5.10 Å². The Morgan fingerprint density at radius 1 is 1.03 bits per heavy atom. The lowest BCUT2D eigenvalue weighted by Crippen LogP contribution is -2.17. The first-order chi connectivity index (χ1) is 15.9. The minimum Gasteiger partial charge on any atom is -0.384 e. The van der Waals surface area contributed by atoms with E-state index in [-0.39, 0.29) is 5.91 Å². The molecule has 0 bridgehead atoms. The number of hydrogen-bond donors (Lipinski definition) is 2. The van der Waals surface area contributed by atoms with Crippen LogP contribution in [0.5, 0.6) is 0 Å². The first kappa shape index (κ1) is 22.0. The Morgan fingerprint density at radius 2 is 1.82 bits per heavy atom. The first-order valence-corrected chi connectivity index (χ1v) is 10.6. The minimum atomic E-state index is -0.799. The second kappa shape index (κ2) is 9.11. The first-order valence-electron chi connectivity index (χ1n) is 10.6. The molecule has 33 heavy (non-hydrogen) atoms. The summed E-state index contributed by atoms with van der Waals surface area (Å²) in [4.78, 5) is 16.6. The standard InChI is InChI=1S/C27H24N4O2/c1-17-11-12-24(18(2)13-17)26(32)20-7-5-9-22(15-20)29-27(33)25-14-19(3)30-31(25)23-10-6-8-21(16-23)28-4/h5-16,26,32H,1-3H3,(H,29,33). The SMILES string of the molecule is [C-]#[N+]c1cccc(-n2nc(C)cc2C(=O)Nc2cccc(C(O)c3ccc(C)cc3C)c2)c1. The van der Waals surface area contributed by atoms with Gasteiger partial charge in [0, 0.05) is 5.69 Å². The lowest BCUT2D eigenvalue weighted by atomic mass is 9.96.